The molecule has 0 saturated carbocycles. The zero-order chi connectivity index (χ0) is 29.8. The molecule has 0 aliphatic carbocycles. The van der Waals surface area contributed by atoms with Crippen molar-refractivity contribution in [3.63, 3.8) is 0 Å². The SMILES string of the molecule is COc1ccc(C=NN(C)[P+](=S)Oc2ccc(CCNC(=O)CCCN(CP(=O)([O-])O)CP(=O)([O-])O)cc2)cc1.[Na+].[Na+]. The molecule has 0 radical (unpaired) electrons. The van der Waals surface area contributed by atoms with Crippen LogP contribution in [0.25, 0.3) is 0 Å². The zero-order valence-electron chi connectivity index (χ0n) is 24.0. The van der Waals surface area contributed by atoms with E-state index in [1.807, 2.05) is 36.4 Å². The second kappa shape index (κ2) is 20.7. The topological polar surface area (TPSA) is 187 Å². The van der Waals surface area contributed by atoms with Gasteiger partial charge in [-0.3, -0.25) is 14.2 Å². The van der Waals surface area contributed by atoms with Gasteiger partial charge in [-0.05, 0) is 66.9 Å². The third kappa shape index (κ3) is 18.5. The molecule has 3 atom stereocenters. The van der Waals surface area contributed by atoms with E-state index in [0.717, 1.165) is 21.8 Å². The molecule has 13 nitrogen and oxygen atoms in total. The first-order chi connectivity index (χ1) is 18.7. The molecule has 0 saturated heterocycles. The standard InChI is InChI=1S/C23H33N4O9P3S.2Na/c1-26(25-16-20-7-9-21(35-2)10-8-20)37(40)36-22-11-5-19(6-12-22)13-14-24-23(28)4-3-15-27(17-38(29,30)31)18-39(32,33)34;;/h5-12,16H,3-4,13-15,17-18H2,1-2H3,(H4-,24,28,29,30,31,32,33,34);;/q;2*+1/p-1. The monoisotopic (exact) mass is 679 g/mol. The van der Waals surface area contributed by atoms with Crippen LogP contribution in [-0.2, 0) is 32.2 Å². The summed E-state index contributed by atoms with van der Waals surface area (Å²) in [6, 6.07) is 14.7. The van der Waals surface area contributed by atoms with Gasteiger partial charge >= 0.3 is 66.2 Å². The van der Waals surface area contributed by atoms with Crippen LogP contribution in [0, 0.1) is 0 Å². The van der Waals surface area contributed by atoms with E-state index in [0.29, 0.717) is 18.7 Å². The number of ether oxygens (including phenoxy) is 1. The summed E-state index contributed by atoms with van der Waals surface area (Å²) < 4.78 is 34.6. The first-order valence-corrected chi connectivity index (χ1v) is 17.7. The molecule has 2 aromatic carbocycles. The Morgan fingerprint density at radius 2 is 1.60 bits per heavy atom. The van der Waals surface area contributed by atoms with Crippen molar-refractivity contribution in [3.05, 3.63) is 59.7 Å². The van der Waals surface area contributed by atoms with Crippen LogP contribution in [0.3, 0.4) is 0 Å². The molecule has 1 amide bonds. The van der Waals surface area contributed by atoms with Crippen molar-refractivity contribution < 1.29 is 102 Å². The number of methoxy groups -OCH3 is 1. The Balaban J connectivity index is 0.00000840. The number of benzene rings is 2. The Kier molecular flexibility index (Phi) is 20.6. The fourth-order valence-corrected chi connectivity index (χ4v) is 5.93. The van der Waals surface area contributed by atoms with E-state index in [9.17, 15) is 23.7 Å². The number of nitrogens with zero attached hydrogens (tertiary/aromatic N) is 3. The quantitative estimate of drug-likeness (QED) is 0.0632. The van der Waals surface area contributed by atoms with Crippen LogP contribution >= 0.6 is 22.3 Å². The fourth-order valence-electron chi connectivity index (χ4n) is 3.34. The maximum atomic E-state index is 12.1. The molecular weight excluding hydrogens is 647 g/mol. The number of hydrogen-bond donors (Lipinski definition) is 3. The molecule has 42 heavy (non-hydrogen) atoms. The van der Waals surface area contributed by atoms with Gasteiger partial charge in [0.15, 0.2) is 5.75 Å². The Bertz CT molecular complexity index is 1220. The molecule has 2 rings (SSSR count). The van der Waals surface area contributed by atoms with Crippen LogP contribution in [0.2, 0.25) is 0 Å². The van der Waals surface area contributed by atoms with Crippen LogP contribution in [0.1, 0.15) is 24.0 Å². The molecule has 19 heteroatoms. The summed E-state index contributed by atoms with van der Waals surface area (Å²) in [6.07, 6.45) is 0.464. The number of rotatable bonds is 17. The van der Waals surface area contributed by atoms with Crippen molar-refractivity contribution in [2.45, 2.75) is 19.3 Å². The number of hydrazone groups is 1. The van der Waals surface area contributed by atoms with E-state index in [1.165, 1.54) is 0 Å². The molecule has 0 spiro atoms. The molecule has 3 unspecified atom stereocenters. The van der Waals surface area contributed by atoms with E-state index >= 15 is 0 Å². The zero-order valence-corrected chi connectivity index (χ0v) is 31.5. The van der Waals surface area contributed by atoms with E-state index in [2.05, 4.69) is 10.4 Å². The van der Waals surface area contributed by atoms with Gasteiger partial charge in [-0.15, -0.1) is 5.10 Å². The Morgan fingerprint density at radius 3 is 2.12 bits per heavy atom. The van der Waals surface area contributed by atoms with Gasteiger partial charge in [0.1, 0.15) is 20.9 Å². The van der Waals surface area contributed by atoms with Gasteiger partial charge in [-0.25, -0.2) is 0 Å². The second-order valence-corrected chi connectivity index (χ2v) is 13.9. The molecule has 220 valence electrons. The Hall–Kier alpha value is -0.240. The minimum absolute atomic E-state index is 0. The first kappa shape index (κ1) is 41.8. The predicted octanol–water partition coefficient (Wildman–Crippen LogP) is -4.43. The Morgan fingerprint density at radius 1 is 1.05 bits per heavy atom. The summed E-state index contributed by atoms with van der Waals surface area (Å²) in [7, 11) is -7.66. The molecule has 0 aromatic heterocycles. The summed E-state index contributed by atoms with van der Waals surface area (Å²) in [5.41, 5.74) is 1.83. The first-order valence-electron chi connectivity index (χ1n) is 11.9. The van der Waals surface area contributed by atoms with Crippen molar-refractivity contribution in [1.82, 2.24) is 15.0 Å². The van der Waals surface area contributed by atoms with Gasteiger partial charge in [0.25, 0.3) is 0 Å². The van der Waals surface area contributed by atoms with E-state index in [-0.39, 0.29) is 84.4 Å². The number of carbonyl (C=O) groups excluding carboxylic acids is 1. The summed E-state index contributed by atoms with van der Waals surface area (Å²) in [6.45, 7) is 0.222. The average molecular weight is 679 g/mol. The number of nitrogens with one attached hydrogen (secondary N) is 1. The van der Waals surface area contributed by atoms with Crippen molar-refractivity contribution in [1.29, 1.82) is 0 Å². The third-order valence-electron chi connectivity index (χ3n) is 5.20. The van der Waals surface area contributed by atoms with Crippen molar-refractivity contribution in [3.8, 4) is 11.5 Å². The smallest absolute Gasteiger partial charge is 0.778 e. The van der Waals surface area contributed by atoms with Crippen LogP contribution < -0.4 is 83.5 Å². The number of hydrogen-bond acceptors (Lipinski definition) is 10. The van der Waals surface area contributed by atoms with Gasteiger partial charge in [0.05, 0.1) is 32.9 Å². The molecular formula is C23H32N4Na2O9P3S+. The van der Waals surface area contributed by atoms with Crippen LogP contribution in [0.4, 0.5) is 0 Å². The normalized spacial score (nSPS) is 14.1. The molecule has 0 heterocycles. The summed E-state index contributed by atoms with van der Waals surface area (Å²) in [4.78, 5) is 53.0. The van der Waals surface area contributed by atoms with Crippen molar-refractivity contribution in [2.75, 3.05) is 39.8 Å². The Labute approximate surface area is 295 Å². The van der Waals surface area contributed by atoms with Crippen molar-refractivity contribution >= 4 is 46.2 Å². The minimum Gasteiger partial charge on any atom is -0.778 e. The summed E-state index contributed by atoms with van der Waals surface area (Å²) in [5.74, 6) is 1.03. The molecule has 0 fully saturated rings. The summed E-state index contributed by atoms with van der Waals surface area (Å²) in [5, 5.41) is 7.07. The van der Waals surface area contributed by atoms with Crippen molar-refractivity contribution in [2.24, 2.45) is 5.10 Å². The van der Waals surface area contributed by atoms with Gasteiger partial charge in [-0.2, -0.15) is 0 Å². The van der Waals surface area contributed by atoms with Crippen LogP contribution in [-0.4, -0.2) is 71.4 Å². The number of amides is 1. The second-order valence-electron chi connectivity index (χ2n) is 8.64. The molecule has 3 N–H and O–H groups in total. The summed E-state index contributed by atoms with van der Waals surface area (Å²) >= 11 is 5.43. The average Bonchev–Trinajstić information content (AvgIpc) is 2.86. The maximum absolute atomic E-state index is 12.1. The molecule has 0 aliphatic heterocycles. The number of carbonyl (C=O) groups is 1. The largest absolute Gasteiger partial charge is 1.00 e. The predicted molar refractivity (Wildman–Crippen MR) is 152 cm³/mol. The minimum atomic E-state index is -4.78. The van der Waals surface area contributed by atoms with E-state index in [1.54, 1.807) is 37.3 Å². The van der Waals surface area contributed by atoms with Crippen LogP contribution in [0.15, 0.2) is 53.6 Å². The van der Waals surface area contributed by atoms with Gasteiger partial charge in [-0.1, -0.05) is 16.9 Å². The van der Waals surface area contributed by atoms with E-state index in [4.69, 9.17) is 30.9 Å². The van der Waals surface area contributed by atoms with Gasteiger partial charge < -0.3 is 38.8 Å². The third-order valence-corrected chi connectivity index (χ3v) is 8.59. The molecule has 2 aromatic rings. The molecule has 0 bridgehead atoms. The van der Waals surface area contributed by atoms with Crippen LogP contribution in [0.5, 0.6) is 11.5 Å². The molecule has 0 aliphatic rings. The van der Waals surface area contributed by atoms with Gasteiger partial charge in [0, 0.05) is 13.0 Å². The maximum Gasteiger partial charge on any atom is 1.00 e. The van der Waals surface area contributed by atoms with Gasteiger partial charge in [0.2, 0.25) is 17.7 Å². The van der Waals surface area contributed by atoms with E-state index < -0.39 is 34.8 Å². The fraction of sp³-hybridized carbons (Fsp3) is 0.391.